The number of rotatable bonds is 7. The van der Waals surface area contributed by atoms with Gasteiger partial charge in [-0.2, -0.15) is 0 Å². The van der Waals surface area contributed by atoms with Crippen molar-refractivity contribution >= 4 is 23.4 Å². The maximum Gasteiger partial charge on any atom is 0.305 e. The van der Waals surface area contributed by atoms with Crippen molar-refractivity contribution < 1.29 is 14.7 Å². The van der Waals surface area contributed by atoms with Crippen LogP contribution in [0.15, 0.2) is 0 Å². The molecule has 1 amide bonds. The van der Waals surface area contributed by atoms with E-state index in [0.717, 1.165) is 11.5 Å². The molecule has 0 fully saturated rings. The zero-order valence-corrected chi connectivity index (χ0v) is 12.2. The highest BCUT2D eigenvalue weighted by atomic mass is 32.1. The van der Waals surface area contributed by atoms with Crippen LogP contribution in [0.2, 0.25) is 0 Å². The fourth-order valence-electron chi connectivity index (χ4n) is 1.69. The minimum Gasteiger partial charge on any atom is -0.481 e. The zero-order chi connectivity index (χ0) is 14.4. The highest BCUT2D eigenvalue weighted by Gasteiger charge is 2.22. The van der Waals surface area contributed by atoms with Crippen LogP contribution in [0, 0.1) is 5.92 Å². The lowest BCUT2D eigenvalue weighted by Gasteiger charge is -2.23. The van der Waals surface area contributed by atoms with Crippen molar-refractivity contribution in [2.45, 2.75) is 33.6 Å². The molecule has 0 aliphatic rings. The van der Waals surface area contributed by atoms with Crippen LogP contribution in [0.25, 0.3) is 0 Å². The van der Waals surface area contributed by atoms with E-state index in [0.29, 0.717) is 23.5 Å². The van der Waals surface area contributed by atoms with Gasteiger partial charge in [0.25, 0.3) is 5.91 Å². The standard InChI is InChI=1S/C12H19N3O3S/c1-4-9-11(19-14-13-9)12(18)15(7-8(2)3)6-5-10(16)17/h8H,4-7H2,1-3H3,(H,16,17). The molecule has 0 unspecified atom stereocenters. The number of amides is 1. The monoisotopic (exact) mass is 285 g/mol. The van der Waals surface area contributed by atoms with E-state index in [1.807, 2.05) is 20.8 Å². The van der Waals surface area contributed by atoms with E-state index in [2.05, 4.69) is 9.59 Å². The fourth-order valence-corrected chi connectivity index (χ4v) is 2.41. The van der Waals surface area contributed by atoms with Crippen molar-refractivity contribution in [3.8, 4) is 0 Å². The molecule has 6 nitrogen and oxygen atoms in total. The highest BCUT2D eigenvalue weighted by molar-refractivity contribution is 7.08. The molecule has 1 N–H and O–H groups in total. The highest BCUT2D eigenvalue weighted by Crippen LogP contribution is 2.15. The first-order chi connectivity index (χ1) is 8.95. The summed E-state index contributed by atoms with van der Waals surface area (Å²) in [6, 6.07) is 0. The van der Waals surface area contributed by atoms with Crippen molar-refractivity contribution in [2.75, 3.05) is 13.1 Å². The van der Waals surface area contributed by atoms with Gasteiger partial charge in [0.05, 0.1) is 12.1 Å². The number of nitrogens with zero attached hydrogens (tertiary/aromatic N) is 3. The van der Waals surface area contributed by atoms with Crippen LogP contribution in [0.4, 0.5) is 0 Å². The Bertz CT molecular complexity index is 445. The van der Waals surface area contributed by atoms with Crippen LogP contribution in [-0.2, 0) is 11.2 Å². The minimum atomic E-state index is -0.903. The zero-order valence-electron chi connectivity index (χ0n) is 11.4. The van der Waals surface area contributed by atoms with Crippen LogP contribution in [0.1, 0.15) is 42.6 Å². The van der Waals surface area contributed by atoms with E-state index in [-0.39, 0.29) is 24.8 Å². The number of hydrogen-bond donors (Lipinski definition) is 1. The molecule has 0 aromatic carbocycles. The molecule has 0 aliphatic heterocycles. The fraction of sp³-hybridized carbons (Fsp3) is 0.667. The smallest absolute Gasteiger partial charge is 0.305 e. The molecule has 1 aromatic rings. The summed E-state index contributed by atoms with van der Waals surface area (Å²) in [5, 5.41) is 12.7. The summed E-state index contributed by atoms with van der Waals surface area (Å²) in [6.45, 7) is 6.65. The van der Waals surface area contributed by atoms with Crippen LogP contribution in [-0.4, -0.2) is 44.6 Å². The van der Waals surface area contributed by atoms with Gasteiger partial charge in [-0.1, -0.05) is 25.3 Å². The topological polar surface area (TPSA) is 83.4 Å². The SMILES string of the molecule is CCc1nnsc1C(=O)N(CCC(=O)O)CC(C)C. The number of aromatic nitrogens is 2. The Kier molecular flexibility index (Phi) is 5.88. The summed E-state index contributed by atoms with van der Waals surface area (Å²) in [4.78, 5) is 25.2. The second-order valence-corrected chi connectivity index (χ2v) is 5.45. The minimum absolute atomic E-state index is 0.0495. The maximum atomic E-state index is 12.4. The van der Waals surface area contributed by atoms with E-state index < -0.39 is 5.97 Å². The van der Waals surface area contributed by atoms with Crippen LogP contribution >= 0.6 is 11.5 Å². The van der Waals surface area contributed by atoms with Crippen molar-refractivity contribution in [1.29, 1.82) is 0 Å². The summed E-state index contributed by atoms with van der Waals surface area (Å²) in [6.07, 6.45) is 0.595. The van der Waals surface area contributed by atoms with Gasteiger partial charge in [-0.3, -0.25) is 9.59 Å². The molecule has 1 rings (SSSR count). The molecule has 19 heavy (non-hydrogen) atoms. The molecule has 0 saturated carbocycles. The van der Waals surface area contributed by atoms with Crippen LogP contribution in [0.3, 0.4) is 0 Å². The van der Waals surface area contributed by atoms with Gasteiger partial charge >= 0.3 is 5.97 Å². The summed E-state index contributed by atoms with van der Waals surface area (Å²) in [5.74, 6) is -0.787. The van der Waals surface area contributed by atoms with Crippen LogP contribution < -0.4 is 0 Å². The van der Waals surface area contributed by atoms with E-state index in [1.54, 1.807) is 4.90 Å². The molecule has 0 bridgehead atoms. The molecular formula is C12H19N3O3S. The van der Waals surface area contributed by atoms with Crippen molar-refractivity contribution in [3.63, 3.8) is 0 Å². The van der Waals surface area contributed by atoms with Gasteiger partial charge in [-0.15, -0.1) is 5.10 Å². The van der Waals surface area contributed by atoms with Gasteiger partial charge in [0.1, 0.15) is 4.88 Å². The molecule has 0 aliphatic carbocycles. The Labute approximate surface area is 116 Å². The summed E-state index contributed by atoms with van der Waals surface area (Å²) in [5.41, 5.74) is 0.680. The van der Waals surface area contributed by atoms with E-state index in [4.69, 9.17) is 5.11 Å². The summed E-state index contributed by atoms with van der Waals surface area (Å²) < 4.78 is 3.80. The molecular weight excluding hydrogens is 266 g/mol. The molecule has 106 valence electrons. The number of aryl methyl sites for hydroxylation is 1. The van der Waals surface area contributed by atoms with E-state index in [9.17, 15) is 9.59 Å². The second kappa shape index (κ2) is 7.18. The lowest BCUT2D eigenvalue weighted by molar-refractivity contribution is -0.137. The van der Waals surface area contributed by atoms with Gasteiger partial charge in [0.15, 0.2) is 0 Å². The van der Waals surface area contributed by atoms with Gasteiger partial charge in [0.2, 0.25) is 0 Å². The normalized spacial score (nSPS) is 10.7. The molecule has 0 spiro atoms. The number of aliphatic carboxylic acids is 1. The Balaban J connectivity index is 2.84. The average Bonchev–Trinajstić information content (AvgIpc) is 2.81. The number of carboxylic acids is 1. The molecule has 1 heterocycles. The molecule has 0 saturated heterocycles. The van der Waals surface area contributed by atoms with Crippen molar-refractivity contribution in [3.05, 3.63) is 10.6 Å². The predicted molar refractivity (Wildman–Crippen MR) is 72.3 cm³/mol. The molecule has 0 atom stereocenters. The predicted octanol–water partition coefficient (Wildman–Crippen LogP) is 1.67. The Morgan fingerprint density at radius 3 is 2.63 bits per heavy atom. The van der Waals surface area contributed by atoms with Gasteiger partial charge in [-0.05, 0) is 23.9 Å². The largest absolute Gasteiger partial charge is 0.481 e. The lowest BCUT2D eigenvalue weighted by atomic mass is 10.2. The van der Waals surface area contributed by atoms with E-state index >= 15 is 0 Å². The first-order valence-corrected chi connectivity index (χ1v) is 7.05. The van der Waals surface area contributed by atoms with E-state index in [1.165, 1.54) is 0 Å². The first-order valence-electron chi connectivity index (χ1n) is 6.28. The summed E-state index contributed by atoms with van der Waals surface area (Å²) >= 11 is 1.07. The molecule has 0 radical (unpaired) electrons. The quantitative estimate of drug-likeness (QED) is 0.824. The third kappa shape index (κ3) is 4.59. The van der Waals surface area contributed by atoms with Gasteiger partial charge in [-0.25, -0.2) is 0 Å². The molecule has 1 aromatic heterocycles. The third-order valence-corrected chi connectivity index (χ3v) is 3.31. The first kappa shape index (κ1) is 15.6. The Hall–Kier alpha value is -1.50. The number of carboxylic acid groups (broad SMARTS) is 1. The maximum absolute atomic E-state index is 12.4. The Morgan fingerprint density at radius 1 is 1.42 bits per heavy atom. The molecule has 7 heteroatoms. The summed E-state index contributed by atoms with van der Waals surface area (Å²) in [7, 11) is 0. The van der Waals surface area contributed by atoms with Gasteiger partial charge in [0, 0.05) is 13.1 Å². The Morgan fingerprint density at radius 2 is 2.11 bits per heavy atom. The third-order valence-electron chi connectivity index (χ3n) is 2.55. The number of carbonyl (C=O) groups excluding carboxylic acids is 1. The number of hydrogen-bond acceptors (Lipinski definition) is 5. The average molecular weight is 285 g/mol. The van der Waals surface area contributed by atoms with Gasteiger partial charge < -0.3 is 10.0 Å². The second-order valence-electron chi connectivity index (χ2n) is 4.69. The van der Waals surface area contributed by atoms with Crippen molar-refractivity contribution in [2.24, 2.45) is 5.92 Å². The van der Waals surface area contributed by atoms with Crippen LogP contribution in [0.5, 0.6) is 0 Å². The number of carbonyl (C=O) groups is 2. The van der Waals surface area contributed by atoms with Crippen molar-refractivity contribution in [1.82, 2.24) is 14.5 Å². The lowest BCUT2D eigenvalue weighted by Crippen LogP contribution is -2.36.